The standard InChI is InChI=1S/C22H25NO/c1-4-8-16-11-12-18-15-22(2,3)23-20(19(18)13-16)14-21(24)17-9-6-5-7-10-17/h5-7,9-13H,4,8,14-15H2,1-3H3. The molecule has 2 aromatic rings. The lowest BCUT2D eigenvalue weighted by atomic mass is 9.84. The Hall–Kier alpha value is -2.22. The zero-order valence-corrected chi connectivity index (χ0v) is 14.8. The van der Waals surface area contributed by atoms with Crippen LogP contribution in [0.25, 0.3) is 0 Å². The van der Waals surface area contributed by atoms with Crippen molar-refractivity contribution in [2.75, 3.05) is 0 Å². The van der Waals surface area contributed by atoms with E-state index in [0.29, 0.717) is 6.42 Å². The minimum absolute atomic E-state index is 0.138. The highest BCUT2D eigenvalue weighted by molar-refractivity contribution is 6.16. The number of carbonyl (C=O) groups excluding carboxylic acids is 1. The predicted octanol–water partition coefficient (Wildman–Crippen LogP) is 5.04. The van der Waals surface area contributed by atoms with Crippen molar-refractivity contribution in [3.63, 3.8) is 0 Å². The summed E-state index contributed by atoms with van der Waals surface area (Å²) in [6.07, 6.45) is 3.49. The molecule has 0 fully saturated rings. The molecule has 0 bridgehead atoms. The molecule has 2 nitrogen and oxygen atoms in total. The molecule has 0 aliphatic carbocycles. The summed E-state index contributed by atoms with van der Waals surface area (Å²) in [4.78, 5) is 17.6. The molecule has 24 heavy (non-hydrogen) atoms. The Morgan fingerprint density at radius 3 is 2.58 bits per heavy atom. The molecule has 0 radical (unpaired) electrons. The first kappa shape index (κ1) is 16.6. The summed E-state index contributed by atoms with van der Waals surface area (Å²) in [5, 5.41) is 0. The molecule has 0 saturated carbocycles. The lowest BCUT2D eigenvalue weighted by Gasteiger charge is -2.29. The molecule has 0 unspecified atom stereocenters. The molecule has 0 spiro atoms. The summed E-state index contributed by atoms with van der Waals surface area (Å²) in [6.45, 7) is 6.47. The molecule has 124 valence electrons. The van der Waals surface area contributed by atoms with Crippen molar-refractivity contribution < 1.29 is 4.79 Å². The van der Waals surface area contributed by atoms with Gasteiger partial charge in [-0.1, -0.05) is 55.8 Å². The average Bonchev–Trinajstić information content (AvgIpc) is 2.55. The zero-order valence-electron chi connectivity index (χ0n) is 14.8. The Morgan fingerprint density at radius 1 is 1.12 bits per heavy atom. The molecule has 1 aliphatic heterocycles. The minimum atomic E-state index is -0.147. The van der Waals surface area contributed by atoms with Crippen LogP contribution in [-0.2, 0) is 12.8 Å². The highest BCUT2D eigenvalue weighted by atomic mass is 16.1. The highest BCUT2D eigenvalue weighted by Gasteiger charge is 2.28. The van der Waals surface area contributed by atoms with E-state index in [0.717, 1.165) is 30.5 Å². The van der Waals surface area contributed by atoms with Crippen molar-refractivity contribution in [3.05, 3.63) is 70.8 Å². The first-order chi connectivity index (χ1) is 11.5. The minimum Gasteiger partial charge on any atom is -0.294 e. The first-order valence-corrected chi connectivity index (χ1v) is 8.77. The van der Waals surface area contributed by atoms with Gasteiger partial charge in [-0.3, -0.25) is 9.79 Å². The molecular formula is C22H25NO. The Bertz CT molecular complexity index is 772. The number of rotatable bonds is 5. The number of hydrogen-bond acceptors (Lipinski definition) is 2. The van der Waals surface area contributed by atoms with Crippen molar-refractivity contribution in [2.24, 2.45) is 4.99 Å². The van der Waals surface area contributed by atoms with E-state index in [-0.39, 0.29) is 11.3 Å². The zero-order chi connectivity index (χ0) is 17.2. The summed E-state index contributed by atoms with van der Waals surface area (Å²) in [5.41, 5.74) is 5.36. The molecule has 2 heteroatoms. The van der Waals surface area contributed by atoms with Crippen LogP contribution in [0.1, 0.15) is 60.7 Å². The monoisotopic (exact) mass is 319 g/mol. The van der Waals surface area contributed by atoms with Gasteiger partial charge in [-0.2, -0.15) is 0 Å². The average molecular weight is 319 g/mol. The number of carbonyl (C=O) groups is 1. The Morgan fingerprint density at radius 2 is 1.88 bits per heavy atom. The maximum absolute atomic E-state index is 12.7. The molecular weight excluding hydrogens is 294 g/mol. The molecule has 1 aliphatic rings. The largest absolute Gasteiger partial charge is 0.294 e. The van der Waals surface area contributed by atoms with E-state index in [9.17, 15) is 4.79 Å². The number of aliphatic imine (C=N–C) groups is 1. The van der Waals surface area contributed by atoms with Gasteiger partial charge < -0.3 is 0 Å². The Balaban J connectivity index is 1.95. The van der Waals surface area contributed by atoms with Crippen molar-refractivity contribution in [2.45, 2.75) is 52.0 Å². The van der Waals surface area contributed by atoms with Gasteiger partial charge in [0.1, 0.15) is 0 Å². The van der Waals surface area contributed by atoms with Crippen LogP contribution in [-0.4, -0.2) is 17.0 Å². The summed E-state index contributed by atoms with van der Waals surface area (Å²) >= 11 is 0. The van der Waals surface area contributed by atoms with Gasteiger partial charge in [-0.15, -0.1) is 0 Å². The third-order valence-corrected chi connectivity index (χ3v) is 4.51. The van der Waals surface area contributed by atoms with Gasteiger partial charge in [0.25, 0.3) is 0 Å². The van der Waals surface area contributed by atoms with Gasteiger partial charge >= 0.3 is 0 Å². The van der Waals surface area contributed by atoms with Gasteiger partial charge in [0.05, 0.1) is 17.7 Å². The normalized spacial score (nSPS) is 15.5. The molecule has 1 heterocycles. The van der Waals surface area contributed by atoms with E-state index < -0.39 is 0 Å². The van der Waals surface area contributed by atoms with E-state index >= 15 is 0 Å². The van der Waals surface area contributed by atoms with Crippen molar-refractivity contribution in [1.29, 1.82) is 0 Å². The molecule has 3 rings (SSSR count). The van der Waals surface area contributed by atoms with Gasteiger partial charge in [0, 0.05) is 5.56 Å². The third-order valence-electron chi connectivity index (χ3n) is 4.51. The van der Waals surface area contributed by atoms with Crippen LogP contribution in [0, 0.1) is 0 Å². The summed E-state index contributed by atoms with van der Waals surface area (Å²) in [5.74, 6) is 0.138. The quantitative estimate of drug-likeness (QED) is 0.710. The van der Waals surface area contributed by atoms with Crippen LogP contribution in [0.15, 0.2) is 53.5 Å². The molecule has 0 N–H and O–H groups in total. The molecule has 0 aromatic heterocycles. The summed E-state index contributed by atoms with van der Waals surface area (Å²) in [6, 6.07) is 16.2. The molecule has 2 aromatic carbocycles. The number of Topliss-reactive ketones (excluding diaryl/α,β-unsaturated/α-hetero) is 1. The van der Waals surface area contributed by atoms with E-state index in [1.54, 1.807) is 0 Å². The lowest BCUT2D eigenvalue weighted by molar-refractivity contribution is 0.100. The molecule has 0 amide bonds. The SMILES string of the molecule is CCCc1ccc2c(c1)C(CC(=O)c1ccccc1)=NC(C)(C)C2. The fraction of sp³-hybridized carbons (Fsp3) is 0.364. The predicted molar refractivity (Wildman–Crippen MR) is 100 cm³/mol. The second-order valence-electron chi connectivity index (χ2n) is 7.26. The smallest absolute Gasteiger partial charge is 0.168 e. The summed E-state index contributed by atoms with van der Waals surface area (Å²) in [7, 11) is 0. The second-order valence-corrected chi connectivity index (χ2v) is 7.26. The number of aryl methyl sites for hydroxylation is 1. The molecule has 0 atom stereocenters. The number of fused-ring (bicyclic) bond motifs is 1. The van der Waals surface area contributed by atoms with Gasteiger partial charge in [0.15, 0.2) is 5.78 Å². The van der Waals surface area contributed by atoms with Gasteiger partial charge in [-0.25, -0.2) is 0 Å². The van der Waals surface area contributed by atoms with Crippen molar-refractivity contribution >= 4 is 11.5 Å². The first-order valence-electron chi connectivity index (χ1n) is 8.77. The van der Waals surface area contributed by atoms with Crippen LogP contribution < -0.4 is 0 Å². The fourth-order valence-corrected chi connectivity index (χ4v) is 3.43. The van der Waals surface area contributed by atoms with Gasteiger partial charge in [0.2, 0.25) is 0 Å². The maximum atomic E-state index is 12.7. The Labute approximate surface area is 144 Å². The fourth-order valence-electron chi connectivity index (χ4n) is 3.43. The molecule has 0 saturated heterocycles. The lowest BCUT2D eigenvalue weighted by Crippen LogP contribution is -2.30. The van der Waals surface area contributed by atoms with Crippen LogP contribution in [0.5, 0.6) is 0 Å². The van der Waals surface area contributed by atoms with Crippen LogP contribution >= 0.6 is 0 Å². The van der Waals surface area contributed by atoms with Crippen molar-refractivity contribution in [3.8, 4) is 0 Å². The van der Waals surface area contributed by atoms with E-state index in [1.807, 2.05) is 30.3 Å². The number of nitrogens with zero attached hydrogens (tertiary/aromatic N) is 1. The number of hydrogen-bond donors (Lipinski definition) is 0. The van der Waals surface area contributed by atoms with E-state index in [2.05, 4.69) is 39.0 Å². The maximum Gasteiger partial charge on any atom is 0.168 e. The summed E-state index contributed by atoms with van der Waals surface area (Å²) < 4.78 is 0. The van der Waals surface area contributed by atoms with Crippen LogP contribution in [0.2, 0.25) is 0 Å². The highest BCUT2D eigenvalue weighted by Crippen LogP contribution is 2.29. The number of benzene rings is 2. The second kappa shape index (κ2) is 6.72. The third kappa shape index (κ3) is 3.64. The van der Waals surface area contributed by atoms with Crippen LogP contribution in [0.3, 0.4) is 0 Å². The van der Waals surface area contributed by atoms with E-state index in [1.165, 1.54) is 16.7 Å². The van der Waals surface area contributed by atoms with Gasteiger partial charge in [-0.05, 0) is 49.4 Å². The Kier molecular flexibility index (Phi) is 4.66. The number of ketones is 1. The van der Waals surface area contributed by atoms with Crippen LogP contribution in [0.4, 0.5) is 0 Å². The van der Waals surface area contributed by atoms with Crippen molar-refractivity contribution in [1.82, 2.24) is 0 Å². The van der Waals surface area contributed by atoms with E-state index in [4.69, 9.17) is 4.99 Å². The topological polar surface area (TPSA) is 29.4 Å².